The third kappa shape index (κ3) is 3.98. The van der Waals surface area contributed by atoms with Crippen molar-refractivity contribution in [3.63, 3.8) is 0 Å². The van der Waals surface area contributed by atoms with Crippen LogP contribution in [-0.2, 0) is 0 Å². The Hall–Kier alpha value is -1.60. The van der Waals surface area contributed by atoms with Crippen molar-refractivity contribution in [2.45, 2.75) is 49.9 Å². The molecule has 0 aromatic heterocycles. The molecule has 136 valence electrons. The first-order valence-electron chi connectivity index (χ1n) is 8.34. The zero-order chi connectivity index (χ0) is 18.2. The second-order valence-corrected chi connectivity index (χ2v) is 7.23. The Labute approximate surface area is 150 Å². The zero-order valence-corrected chi connectivity index (χ0v) is 14.4. The minimum absolute atomic E-state index is 0.0710. The van der Waals surface area contributed by atoms with Crippen molar-refractivity contribution in [1.29, 1.82) is 0 Å². The van der Waals surface area contributed by atoms with Gasteiger partial charge in [-0.3, -0.25) is 5.32 Å². The second kappa shape index (κ2) is 6.96. The highest BCUT2D eigenvalue weighted by atomic mass is 35.5. The molecule has 2 aliphatic carbocycles. The highest BCUT2D eigenvalue weighted by molar-refractivity contribution is 6.32. The number of rotatable bonds is 3. The number of allylic oxidation sites excluding steroid dienone is 1. The lowest BCUT2D eigenvalue weighted by molar-refractivity contribution is 0.0360. The molecule has 0 radical (unpaired) electrons. The van der Waals surface area contributed by atoms with E-state index in [-0.39, 0.29) is 40.4 Å². The van der Waals surface area contributed by atoms with Gasteiger partial charge in [0.05, 0.1) is 5.02 Å². The fraction of sp³-hybridized carbons (Fsp3) is 0.444. The fourth-order valence-electron chi connectivity index (χ4n) is 3.40. The normalized spacial score (nSPS) is 29.9. The van der Waals surface area contributed by atoms with E-state index in [9.17, 15) is 19.7 Å². The number of aromatic hydroxyl groups is 1. The number of phenols is 1. The van der Waals surface area contributed by atoms with E-state index < -0.39 is 17.3 Å². The van der Waals surface area contributed by atoms with E-state index >= 15 is 0 Å². The van der Waals surface area contributed by atoms with Crippen LogP contribution in [0.25, 0.3) is 5.57 Å². The number of nitrogens with one attached hydrogen (secondary N) is 1. The Morgan fingerprint density at radius 1 is 1.20 bits per heavy atom. The lowest BCUT2D eigenvalue weighted by atomic mass is 9.88. The SMILES string of the molecule is NC1CCC(NC2(O)C=C(c3cc(F)c(O)c(Cl)c3)C(O)=CC2)CC1. The molecular weight excluding hydrogens is 347 g/mol. The van der Waals surface area contributed by atoms with Crippen LogP contribution in [0.15, 0.2) is 30.0 Å². The first-order chi connectivity index (χ1) is 11.8. The minimum Gasteiger partial charge on any atom is -0.508 e. The Morgan fingerprint density at radius 2 is 1.88 bits per heavy atom. The van der Waals surface area contributed by atoms with Gasteiger partial charge in [0.15, 0.2) is 11.6 Å². The Kier molecular flexibility index (Phi) is 5.06. The van der Waals surface area contributed by atoms with Gasteiger partial charge in [0.25, 0.3) is 0 Å². The summed E-state index contributed by atoms with van der Waals surface area (Å²) in [6, 6.07) is 2.75. The molecule has 7 heteroatoms. The van der Waals surface area contributed by atoms with Crippen LogP contribution in [0.4, 0.5) is 4.39 Å². The van der Waals surface area contributed by atoms with E-state index in [0.29, 0.717) is 0 Å². The molecule has 0 spiro atoms. The number of phenolic OH excluding ortho intramolecular Hbond substituents is 1. The summed E-state index contributed by atoms with van der Waals surface area (Å²) in [7, 11) is 0. The van der Waals surface area contributed by atoms with Gasteiger partial charge in [-0.1, -0.05) is 11.6 Å². The van der Waals surface area contributed by atoms with Crippen LogP contribution in [-0.4, -0.2) is 33.1 Å². The lowest BCUT2D eigenvalue weighted by Gasteiger charge is -2.36. The van der Waals surface area contributed by atoms with Crippen LogP contribution in [0.1, 0.15) is 37.7 Å². The molecule has 2 aliphatic rings. The van der Waals surface area contributed by atoms with E-state index in [1.165, 1.54) is 18.2 Å². The predicted octanol–water partition coefficient (Wildman–Crippen LogP) is 2.96. The Balaban J connectivity index is 1.86. The number of hydrogen-bond acceptors (Lipinski definition) is 5. The molecule has 1 saturated carbocycles. The van der Waals surface area contributed by atoms with Crippen LogP contribution in [0.5, 0.6) is 5.75 Å². The molecule has 0 aliphatic heterocycles. The summed E-state index contributed by atoms with van der Waals surface area (Å²) in [5.41, 5.74) is 5.09. The number of aliphatic hydroxyl groups is 2. The standard InChI is InChI=1S/C18H22ClFN2O3/c19-14-7-10(8-15(20)17(14)24)13-9-18(25,6-5-16(13)23)22-12-3-1-11(21)2-4-12/h5,7-9,11-12,22-25H,1-4,6,21H2. The summed E-state index contributed by atoms with van der Waals surface area (Å²) in [5, 5.41) is 33.5. The van der Waals surface area contributed by atoms with Crippen molar-refractivity contribution in [1.82, 2.24) is 5.32 Å². The zero-order valence-electron chi connectivity index (χ0n) is 13.7. The van der Waals surface area contributed by atoms with Gasteiger partial charge in [0, 0.05) is 24.1 Å². The molecule has 1 atom stereocenters. The molecule has 6 N–H and O–H groups in total. The van der Waals surface area contributed by atoms with Gasteiger partial charge in [-0.2, -0.15) is 0 Å². The van der Waals surface area contributed by atoms with E-state index in [1.54, 1.807) is 0 Å². The summed E-state index contributed by atoms with van der Waals surface area (Å²) in [6.45, 7) is 0. The van der Waals surface area contributed by atoms with Gasteiger partial charge >= 0.3 is 0 Å². The van der Waals surface area contributed by atoms with Crippen molar-refractivity contribution >= 4 is 17.2 Å². The minimum atomic E-state index is -1.35. The smallest absolute Gasteiger partial charge is 0.170 e. The molecule has 1 aromatic rings. The largest absolute Gasteiger partial charge is 0.508 e. The number of benzene rings is 1. The number of halogens is 2. The maximum Gasteiger partial charge on any atom is 0.170 e. The molecule has 1 fully saturated rings. The molecule has 25 heavy (non-hydrogen) atoms. The van der Waals surface area contributed by atoms with Gasteiger partial charge in [-0.15, -0.1) is 0 Å². The maximum absolute atomic E-state index is 13.8. The van der Waals surface area contributed by atoms with Crippen LogP contribution >= 0.6 is 11.6 Å². The molecule has 1 unspecified atom stereocenters. The van der Waals surface area contributed by atoms with E-state index in [1.807, 2.05) is 0 Å². The van der Waals surface area contributed by atoms with Crippen molar-refractivity contribution in [3.8, 4) is 5.75 Å². The topological polar surface area (TPSA) is 98.7 Å². The number of aliphatic hydroxyl groups excluding tert-OH is 1. The maximum atomic E-state index is 13.8. The van der Waals surface area contributed by atoms with Gasteiger partial charge in [0.2, 0.25) is 0 Å². The van der Waals surface area contributed by atoms with Crippen molar-refractivity contribution in [2.24, 2.45) is 5.73 Å². The van der Waals surface area contributed by atoms with Gasteiger partial charge in [0.1, 0.15) is 11.5 Å². The van der Waals surface area contributed by atoms with Crippen molar-refractivity contribution in [2.75, 3.05) is 0 Å². The number of nitrogens with two attached hydrogens (primary N) is 1. The van der Waals surface area contributed by atoms with Crippen molar-refractivity contribution in [3.05, 3.63) is 46.4 Å². The first kappa shape index (κ1) is 18.2. The lowest BCUT2D eigenvalue weighted by Crippen LogP contribution is -2.51. The van der Waals surface area contributed by atoms with Crippen LogP contribution in [0, 0.1) is 5.82 Å². The quantitative estimate of drug-likeness (QED) is 0.528. The van der Waals surface area contributed by atoms with Gasteiger partial charge in [-0.05, 0) is 55.5 Å². The third-order valence-electron chi connectivity index (χ3n) is 4.82. The predicted molar refractivity (Wildman–Crippen MR) is 94.7 cm³/mol. The molecule has 3 rings (SSSR count). The summed E-state index contributed by atoms with van der Waals surface area (Å²) in [6.07, 6.45) is 6.66. The number of hydrogen-bond donors (Lipinski definition) is 5. The van der Waals surface area contributed by atoms with E-state index in [2.05, 4.69) is 5.32 Å². The first-order valence-corrected chi connectivity index (χ1v) is 8.71. The average Bonchev–Trinajstić information content (AvgIpc) is 2.57. The van der Waals surface area contributed by atoms with Crippen LogP contribution in [0.3, 0.4) is 0 Å². The molecule has 1 aromatic carbocycles. The monoisotopic (exact) mass is 368 g/mol. The van der Waals surface area contributed by atoms with Crippen molar-refractivity contribution < 1.29 is 19.7 Å². The summed E-state index contributed by atoms with van der Waals surface area (Å²) < 4.78 is 13.8. The molecule has 0 heterocycles. The molecular formula is C18H22ClFN2O3. The average molecular weight is 369 g/mol. The molecule has 0 bridgehead atoms. The fourth-order valence-corrected chi connectivity index (χ4v) is 3.61. The van der Waals surface area contributed by atoms with Crippen LogP contribution < -0.4 is 11.1 Å². The summed E-state index contributed by atoms with van der Waals surface area (Å²) in [5.74, 6) is -1.60. The third-order valence-corrected chi connectivity index (χ3v) is 5.11. The second-order valence-electron chi connectivity index (χ2n) is 6.82. The highest BCUT2D eigenvalue weighted by Crippen LogP contribution is 2.36. The molecule has 5 nitrogen and oxygen atoms in total. The van der Waals surface area contributed by atoms with E-state index in [4.69, 9.17) is 17.3 Å². The molecule has 0 saturated heterocycles. The Bertz CT molecular complexity index is 706. The highest BCUT2D eigenvalue weighted by Gasteiger charge is 2.33. The van der Waals surface area contributed by atoms with Gasteiger partial charge < -0.3 is 21.1 Å². The van der Waals surface area contributed by atoms with Crippen LogP contribution in [0.2, 0.25) is 5.02 Å². The summed E-state index contributed by atoms with van der Waals surface area (Å²) >= 11 is 5.82. The molecule has 0 amide bonds. The van der Waals surface area contributed by atoms with E-state index in [0.717, 1.165) is 31.7 Å². The summed E-state index contributed by atoms with van der Waals surface area (Å²) in [4.78, 5) is 0. The van der Waals surface area contributed by atoms with Gasteiger partial charge in [-0.25, -0.2) is 4.39 Å². The Morgan fingerprint density at radius 3 is 2.52 bits per heavy atom.